The van der Waals surface area contributed by atoms with E-state index < -0.39 is 6.16 Å². The minimum absolute atomic E-state index is 0.164. The van der Waals surface area contributed by atoms with Crippen LogP contribution >= 0.6 is 0 Å². The van der Waals surface area contributed by atoms with Gasteiger partial charge >= 0.3 is 6.16 Å². The maximum atomic E-state index is 12.0. The Hall–Kier alpha value is -3.20. The van der Waals surface area contributed by atoms with Crippen molar-refractivity contribution in [2.75, 3.05) is 31.6 Å². The maximum absolute atomic E-state index is 12.0. The summed E-state index contributed by atoms with van der Waals surface area (Å²) in [5, 5.41) is 8.13. The van der Waals surface area contributed by atoms with Crippen molar-refractivity contribution in [1.29, 1.82) is 0 Å². The molecule has 0 spiro atoms. The van der Waals surface area contributed by atoms with E-state index in [-0.39, 0.29) is 17.7 Å². The van der Waals surface area contributed by atoms with Gasteiger partial charge in [0.25, 0.3) is 0 Å². The van der Waals surface area contributed by atoms with Gasteiger partial charge in [-0.15, -0.1) is 10.2 Å². The number of carbonyl (C=O) groups excluding carboxylic acids is 1. The van der Waals surface area contributed by atoms with Crippen LogP contribution in [0.2, 0.25) is 0 Å². The van der Waals surface area contributed by atoms with Gasteiger partial charge in [-0.1, -0.05) is 12.1 Å². The van der Waals surface area contributed by atoms with Crippen LogP contribution in [0.5, 0.6) is 5.75 Å². The molecule has 1 atom stereocenters. The molecule has 1 aromatic carbocycles. The highest BCUT2D eigenvalue weighted by Gasteiger charge is 2.24. The van der Waals surface area contributed by atoms with Gasteiger partial charge < -0.3 is 25.8 Å². The number of likely N-dealkylation sites (tertiary alicyclic amines) is 1. The number of anilines is 2. The molecule has 1 aliphatic heterocycles. The van der Waals surface area contributed by atoms with Crippen molar-refractivity contribution in [1.82, 2.24) is 9.88 Å². The predicted octanol–water partition coefficient (Wildman–Crippen LogP) is 2.88. The first-order valence-electron chi connectivity index (χ1n) is 8.11. The fourth-order valence-electron chi connectivity index (χ4n) is 2.54. The number of aromatic nitrogens is 1. The minimum Gasteiger partial charge on any atom is -0.429 e. The number of hydrogen-bond donors (Lipinski definition) is 2. The van der Waals surface area contributed by atoms with Gasteiger partial charge in [0.1, 0.15) is 23.3 Å². The Kier molecular flexibility index (Phi) is 5.28. The van der Waals surface area contributed by atoms with Crippen molar-refractivity contribution in [3.63, 3.8) is 0 Å². The Morgan fingerprint density at radius 1 is 1.19 bits per heavy atom. The van der Waals surface area contributed by atoms with Gasteiger partial charge in [-0.05, 0) is 37.7 Å². The van der Waals surface area contributed by atoms with Gasteiger partial charge in [-0.3, -0.25) is 0 Å². The summed E-state index contributed by atoms with van der Waals surface area (Å²) >= 11 is 0. The van der Waals surface area contributed by atoms with Crippen LogP contribution in [0.25, 0.3) is 0 Å². The van der Waals surface area contributed by atoms with E-state index in [1.165, 1.54) is 0 Å². The topological polar surface area (TPSA) is 128 Å². The first-order chi connectivity index (χ1) is 12.5. The summed E-state index contributed by atoms with van der Waals surface area (Å²) in [7, 11) is 1.97. The van der Waals surface area contributed by atoms with Gasteiger partial charge in [0.15, 0.2) is 11.6 Å². The molecular weight excluding hydrogens is 336 g/mol. The highest BCUT2D eigenvalue weighted by molar-refractivity contribution is 5.68. The zero-order valence-electron chi connectivity index (χ0n) is 14.3. The summed E-state index contributed by atoms with van der Waals surface area (Å²) in [6.45, 7) is 1.58. The SMILES string of the molecule is CN1CCC(OC(=O)Oc2ccccc2N=Nc2ccc(N)nc2N)C1. The summed E-state index contributed by atoms with van der Waals surface area (Å²) in [4.78, 5) is 18.0. The number of pyridine rings is 1. The fraction of sp³-hybridized carbons (Fsp3) is 0.294. The van der Waals surface area contributed by atoms with Crippen LogP contribution in [-0.4, -0.2) is 42.3 Å². The number of nitrogens with two attached hydrogens (primary N) is 2. The number of para-hydroxylation sites is 1. The number of rotatable bonds is 4. The molecule has 1 fully saturated rings. The maximum Gasteiger partial charge on any atom is 0.514 e. The summed E-state index contributed by atoms with van der Waals surface area (Å²) < 4.78 is 10.6. The van der Waals surface area contributed by atoms with E-state index in [1.807, 2.05) is 7.05 Å². The summed E-state index contributed by atoms with van der Waals surface area (Å²) in [6, 6.07) is 9.93. The number of carbonyl (C=O) groups is 1. The normalized spacial score (nSPS) is 17.5. The second-order valence-corrected chi connectivity index (χ2v) is 5.95. The highest BCUT2D eigenvalue weighted by Crippen LogP contribution is 2.30. The number of hydrogen-bond acceptors (Lipinski definition) is 9. The largest absolute Gasteiger partial charge is 0.514 e. The highest BCUT2D eigenvalue weighted by atomic mass is 16.7. The summed E-state index contributed by atoms with van der Waals surface area (Å²) in [5.41, 5.74) is 12.0. The van der Waals surface area contributed by atoms with Gasteiger partial charge in [0.05, 0.1) is 0 Å². The second-order valence-electron chi connectivity index (χ2n) is 5.95. The lowest BCUT2D eigenvalue weighted by Crippen LogP contribution is -2.23. The predicted molar refractivity (Wildman–Crippen MR) is 96.7 cm³/mol. The zero-order chi connectivity index (χ0) is 18.5. The zero-order valence-corrected chi connectivity index (χ0v) is 14.3. The molecule has 136 valence electrons. The molecule has 3 rings (SSSR count). The molecule has 1 saturated heterocycles. The van der Waals surface area contributed by atoms with E-state index in [0.717, 1.165) is 13.0 Å². The first kappa shape index (κ1) is 17.6. The van der Waals surface area contributed by atoms with Crippen molar-refractivity contribution in [3.8, 4) is 5.75 Å². The van der Waals surface area contributed by atoms with Crippen LogP contribution in [-0.2, 0) is 4.74 Å². The van der Waals surface area contributed by atoms with Crippen LogP contribution in [0.4, 0.5) is 27.8 Å². The van der Waals surface area contributed by atoms with E-state index >= 15 is 0 Å². The molecule has 26 heavy (non-hydrogen) atoms. The molecule has 0 radical (unpaired) electrons. The molecule has 9 heteroatoms. The third-order valence-electron chi connectivity index (χ3n) is 3.86. The molecule has 2 aromatic rings. The van der Waals surface area contributed by atoms with E-state index in [4.69, 9.17) is 20.9 Å². The molecule has 9 nitrogen and oxygen atoms in total. The lowest BCUT2D eigenvalue weighted by atomic mass is 10.3. The van der Waals surface area contributed by atoms with Crippen LogP contribution in [0, 0.1) is 0 Å². The Bertz CT molecular complexity index is 826. The minimum atomic E-state index is -0.762. The third-order valence-corrected chi connectivity index (χ3v) is 3.86. The van der Waals surface area contributed by atoms with E-state index in [1.54, 1.807) is 36.4 Å². The van der Waals surface area contributed by atoms with Gasteiger partial charge in [-0.2, -0.15) is 0 Å². The number of benzene rings is 1. The molecule has 4 N–H and O–H groups in total. The average Bonchev–Trinajstić information content (AvgIpc) is 3.00. The van der Waals surface area contributed by atoms with Crippen LogP contribution in [0.1, 0.15) is 6.42 Å². The quantitative estimate of drug-likeness (QED) is 0.489. The molecule has 1 aliphatic rings. The van der Waals surface area contributed by atoms with Crippen molar-refractivity contribution < 1.29 is 14.3 Å². The van der Waals surface area contributed by atoms with Gasteiger partial charge in [0, 0.05) is 13.1 Å². The van der Waals surface area contributed by atoms with Crippen LogP contribution in [0.15, 0.2) is 46.6 Å². The Morgan fingerprint density at radius 3 is 2.69 bits per heavy atom. The molecule has 0 aliphatic carbocycles. The van der Waals surface area contributed by atoms with Crippen molar-refractivity contribution in [2.24, 2.45) is 10.2 Å². The molecule has 0 saturated carbocycles. The summed E-state index contributed by atoms with van der Waals surface area (Å²) in [6.07, 6.45) is -0.139. The smallest absolute Gasteiger partial charge is 0.429 e. The van der Waals surface area contributed by atoms with Crippen LogP contribution in [0.3, 0.4) is 0 Å². The van der Waals surface area contributed by atoms with E-state index in [9.17, 15) is 4.79 Å². The Balaban J connectivity index is 1.69. The molecular formula is C17H20N6O3. The number of ether oxygens (including phenoxy) is 2. The molecule has 2 heterocycles. The van der Waals surface area contributed by atoms with Gasteiger partial charge in [0.2, 0.25) is 0 Å². The first-order valence-corrected chi connectivity index (χ1v) is 8.11. The molecule has 0 amide bonds. The Labute approximate surface area is 150 Å². The van der Waals surface area contributed by atoms with E-state index in [2.05, 4.69) is 20.1 Å². The molecule has 1 unspecified atom stereocenters. The summed E-state index contributed by atoms with van der Waals surface area (Å²) in [5.74, 6) is 0.706. The number of nitrogen functional groups attached to an aromatic ring is 2. The number of azo groups is 1. The van der Waals surface area contributed by atoms with Gasteiger partial charge in [-0.25, -0.2) is 9.78 Å². The standard InChI is InChI=1S/C17H20N6O3/c1-23-9-8-11(10-23)25-17(24)26-14-5-3-2-4-12(14)21-22-13-6-7-15(18)20-16(13)19/h2-7,11H,8-10H2,1H3,(H4,18,19,20). The van der Waals surface area contributed by atoms with Crippen molar-refractivity contribution in [3.05, 3.63) is 36.4 Å². The second kappa shape index (κ2) is 7.79. The lowest BCUT2D eigenvalue weighted by molar-refractivity contribution is 0.0629. The monoisotopic (exact) mass is 356 g/mol. The number of nitrogens with zero attached hydrogens (tertiary/aromatic N) is 4. The molecule has 0 bridgehead atoms. The number of likely N-dealkylation sites (N-methyl/N-ethyl adjacent to an activating group) is 1. The van der Waals surface area contributed by atoms with Crippen molar-refractivity contribution in [2.45, 2.75) is 12.5 Å². The van der Waals surface area contributed by atoms with E-state index in [0.29, 0.717) is 23.7 Å². The third kappa shape index (κ3) is 4.45. The lowest BCUT2D eigenvalue weighted by Gasteiger charge is -2.12. The van der Waals surface area contributed by atoms with Crippen LogP contribution < -0.4 is 16.2 Å². The fourth-order valence-corrected chi connectivity index (χ4v) is 2.54. The Morgan fingerprint density at radius 2 is 1.96 bits per heavy atom. The molecule has 1 aromatic heterocycles. The average molecular weight is 356 g/mol. The van der Waals surface area contributed by atoms with Crippen molar-refractivity contribution >= 4 is 29.2 Å².